The number of nitrogens with zero attached hydrogens (tertiary/aromatic N) is 1. The van der Waals surface area contributed by atoms with Crippen LogP contribution >= 0.6 is 0 Å². The number of rotatable bonds is 8. The smallest absolute Gasteiger partial charge is 0.309 e. The molecule has 0 fully saturated rings. The zero-order valence-corrected chi connectivity index (χ0v) is 11.4. The molecule has 0 saturated heterocycles. The Morgan fingerprint density at radius 3 is 2.47 bits per heavy atom. The highest BCUT2D eigenvalue weighted by atomic mass is 32.2. The second-order valence-electron chi connectivity index (χ2n) is 3.60. The molecule has 1 unspecified atom stereocenters. The van der Waals surface area contributed by atoms with Gasteiger partial charge >= 0.3 is 5.97 Å². The Hall–Kier alpha value is -0.700. The minimum Gasteiger partial charge on any atom is -0.469 e. The third-order valence-corrected chi connectivity index (χ3v) is 3.67. The lowest BCUT2D eigenvalue weighted by Crippen LogP contribution is -2.42. The van der Waals surface area contributed by atoms with Crippen LogP contribution in [0.3, 0.4) is 0 Å². The highest BCUT2D eigenvalue weighted by molar-refractivity contribution is 7.87. The molecule has 8 heteroatoms. The molecule has 0 aromatic rings. The number of ether oxygens (including phenoxy) is 2. The van der Waals surface area contributed by atoms with E-state index in [2.05, 4.69) is 9.46 Å². The standard InChI is InChI=1S/C9H20N2O5S/c1-8(9(12)16-4)7-11(2)17(13,14)10-5-6-15-3/h8,10H,5-7H2,1-4H3. The molecular weight excluding hydrogens is 248 g/mol. The normalized spacial score (nSPS) is 13.7. The SMILES string of the molecule is COCCNS(=O)(=O)N(C)CC(C)C(=O)OC. The van der Waals surface area contributed by atoms with Crippen molar-refractivity contribution in [3.8, 4) is 0 Å². The lowest BCUT2D eigenvalue weighted by atomic mass is 10.2. The van der Waals surface area contributed by atoms with E-state index in [1.165, 1.54) is 21.3 Å². The lowest BCUT2D eigenvalue weighted by Gasteiger charge is -2.20. The van der Waals surface area contributed by atoms with Crippen LogP contribution in [0, 0.1) is 5.92 Å². The quantitative estimate of drug-likeness (QED) is 0.460. The first-order valence-corrected chi connectivity index (χ1v) is 6.56. The van der Waals surface area contributed by atoms with Gasteiger partial charge in [-0.1, -0.05) is 6.92 Å². The van der Waals surface area contributed by atoms with Crippen LogP contribution in [0.2, 0.25) is 0 Å². The second kappa shape index (κ2) is 7.59. The molecule has 0 bridgehead atoms. The van der Waals surface area contributed by atoms with Gasteiger partial charge in [0.1, 0.15) is 0 Å². The van der Waals surface area contributed by atoms with Gasteiger partial charge in [0.25, 0.3) is 10.2 Å². The molecule has 0 aromatic heterocycles. The fraction of sp³-hybridized carbons (Fsp3) is 0.889. The van der Waals surface area contributed by atoms with E-state index in [1.54, 1.807) is 6.92 Å². The fourth-order valence-corrected chi connectivity index (χ4v) is 2.12. The van der Waals surface area contributed by atoms with E-state index < -0.39 is 22.1 Å². The third-order valence-electron chi connectivity index (χ3n) is 2.14. The van der Waals surface area contributed by atoms with Crippen molar-refractivity contribution in [2.45, 2.75) is 6.92 Å². The van der Waals surface area contributed by atoms with Gasteiger partial charge in [-0.2, -0.15) is 17.4 Å². The Morgan fingerprint density at radius 2 is 2.00 bits per heavy atom. The highest BCUT2D eigenvalue weighted by Gasteiger charge is 2.22. The van der Waals surface area contributed by atoms with Crippen LogP contribution in [0.5, 0.6) is 0 Å². The highest BCUT2D eigenvalue weighted by Crippen LogP contribution is 2.03. The van der Waals surface area contributed by atoms with Gasteiger partial charge in [-0.3, -0.25) is 4.79 Å². The van der Waals surface area contributed by atoms with Crippen LogP contribution in [0.1, 0.15) is 6.92 Å². The van der Waals surface area contributed by atoms with Gasteiger partial charge in [0, 0.05) is 27.2 Å². The number of esters is 1. The molecule has 102 valence electrons. The maximum Gasteiger partial charge on any atom is 0.309 e. The third kappa shape index (κ3) is 5.97. The molecule has 17 heavy (non-hydrogen) atoms. The number of methoxy groups -OCH3 is 2. The van der Waals surface area contributed by atoms with E-state index in [0.29, 0.717) is 6.61 Å². The summed E-state index contributed by atoms with van der Waals surface area (Å²) < 4.78 is 36.0. The molecule has 0 heterocycles. The summed E-state index contributed by atoms with van der Waals surface area (Å²) in [7, 11) is 0.575. The number of hydrogen-bond acceptors (Lipinski definition) is 5. The topological polar surface area (TPSA) is 84.9 Å². The minimum absolute atomic E-state index is 0.0645. The minimum atomic E-state index is -3.57. The summed E-state index contributed by atoms with van der Waals surface area (Å²) in [6, 6.07) is 0. The van der Waals surface area contributed by atoms with Crippen LogP contribution in [0.4, 0.5) is 0 Å². The molecule has 0 amide bonds. The van der Waals surface area contributed by atoms with Crippen molar-refractivity contribution in [1.29, 1.82) is 0 Å². The molecule has 1 atom stereocenters. The fourth-order valence-electron chi connectivity index (χ4n) is 1.14. The van der Waals surface area contributed by atoms with E-state index in [4.69, 9.17) is 4.74 Å². The van der Waals surface area contributed by atoms with Crippen LogP contribution < -0.4 is 4.72 Å². The molecule has 0 rings (SSSR count). The van der Waals surface area contributed by atoms with Crippen molar-refractivity contribution in [3.63, 3.8) is 0 Å². The molecular formula is C9H20N2O5S. The van der Waals surface area contributed by atoms with E-state index in [1.807, 2.05) is 0 Å². The zero-order valence-electron chi connectivity index (χ0n) is 10.6. The monoisotopic (exact) mass is 268 g/mol. The molecule has 0 aromatic carbocycles. The molecule has 0 aliphatic heterocycles. The summed E-state index contributed by atoms with van der Waals surface area (Å²) in [6.07, 6.45) is 0. The van der Waals surface area contributed by atoms with E-state index in [9.17, 15) is 13.2 Å². The summed E-state index contributed by atoms with van der Waals surface area (Å²) in [5, 5.41) is 0. The Morgan fingerprint density at radius 1 is 1.41 bits per heavy atom. The van der Waals surface area contributed by atoms with Crippen molar-refractivity contribution in [1.82, 2.24) is 9.03 Å². The van der Waals surface area contributed by atoms with Gasteiger partial charge in [0.2, 0.25) is 0 Å². The van der Waals surface area contributed by atoms with E-state index >= 15 is 0 Å². The van der Waals surface area contributed by atoms with Gasteiger partial charge in [0.05, 0.1) is 19.6 Å². The molecule has 7 nitrogen and oxygen atoms in total. The van der Waals surface area contributed by atoms with Crippen LogP contribution in [0.15, 0.2) is 0 Å². The summed E-state index contributed by atoms with van der Waals surface area (Å²) >= 11 is 0. The Bertz CT molecular complexity index is 330. The molecule has 0 aliphatic rings. The van der Waals surface area contributed by atoms with Gasteiger partial charge < -0.3 is 9.47 Å². The van der Waals surface area contributed by atoms with Gasteiger partial charge in [-0.05, 0) is 0 Å². The Balaban J connectivity index is 4.28. The van der Waals surface area contributed by atoms with Gasteiger partial charge in [-0.15, -0.1) is 0 Å². The maximum atomic E-state index is 11.7. The first kappa shape index (κ1) is 16.3. The van der Waals surface area contributed by atoms with Gasteiger partial charge in [0.15, 0.2) is 0 Å². The number of carbonyl (C=O) groups excluding carboxylic acids is 1. The summed E-state index contributed by atoms with van der Waals surface area (Å²) in [4.78, 5) is 11.2. The Labute approximate surface area is 102 Å². The first-order chi connectivity index (χ1) is 7.85. The van der Waals surface area contributed by atoms with Crippen molar-refractivity contribution in [2.24, 2.45) is 5.92 Å². The number of hydrogen-bond donors (Lipinski definition) is 1. The molecule has 1 N–H and O–H groups in total. The Kier molecular flexibility index (Phi) is 7.28. The molecule has 0 saturated carbocycles. The van der Waals surface area contributed by atoms with Gasteiger partial charge in [-0.25, -0.2) is 0 Å². The largest absolute Gasteiger partial charge is 0.469 e. The predicted octanol–water partition coefficient (Wildman–Crippen LogP) is -0.792. The lowest BCUT2D eigenvalue weighted by molar-refractivity contribution is -0.144. The van der Waals surface area contributed by atoms with Crippen LogP contribution in [-0.4, -0.2) is 59.7 Å². The summed E-state index contributed by atoms with van der Waals surface area (Å²) in [5.41, 5.74) is 0. The predicted molar refractivity (Wildman–Crippen MR) is 62.6 cm³/mol. The van der Waals surface area contributed by atoms with Crippen molar-refractivity contribution in [3.05, 3.63) is 0 Å². The molecule has 0 spiro atoms. The zero-order chi connectivity index (χ0) is 13.5. The average molecular weight is 268 g/mol. The summed E-state index contributed by atoms with van der Waals surface area (Å²) in [6.45, 7) is 2.15. The van der Waals surface area contributed by atoms with Crippen LogP contribution in [0.25, 0.3) is 0 Å². The van der Waals surface area contributed by atoms with E-state index in [0.717, 1.165) is 4.31 Å². The first-order valence-electron chi connectivity index (χ1n) is 5.12. The number of carbonyl (C=O) groups is 1. The van der Waals surface area contributed by atoms with Crippen LogP contribution in [-0.2, 0) is 24.5 Å². The maximum absolute atomic E-state index is 11.7. The molecule has 0 radical (unpaired) electrons. The van der Waals surface area contributed by atoms with Crippen molar-refractivity contribution < 1.29 is 22.7 Å². The van der Waals surface area contributed by atoms with E-state index in [-0.39, 0.29) is 13.1 Å². The molecule has 0 aliphatic carbocycles. The summed E-state index contributed by atoms with van der Waals surface area (Å²) in [5.74, 6) is -0.951. The van der Waals surface area contributed by atoms with Crippen molar-refractivity contribution in [2.75, 3.05) is 41.0 Å². The average Bonchev–Trinajstić information content (AvgIpc) is 2.27. The van der Waals surface area contributed by atoms with Crippen molar-refractivity contribution >= 4 is 16.2 Å². The second-order valence-corrected chi connectivity index (χ2v) is 5.46. The number of nitrogens with one attached hydrogen (secondary N) is 1.